The normalized spacial score (nSPS) is 11.7. The second-order valence-electron chi connectivity index (χ2n) is 19.9. The molecular formula is C70H40N10O2. The summed E-state index contributed by atoms with van der Waals surface area (Å²) in [6, 6.07) is 76.3. The summed E-state index contributed by atoms with van der Waals surface area (Å²) in [4.78, 5) is 50.9. The molecule has 0 spiro atoms. The summed E-state index contributed by atoms with van der Waals surface area (Å²) in [6.45, 7) is 0. The van der Waals surface area contributed by atoms with Gasteiger partial charge >= 0.3 is 0 Å². The van der Waals surface area contributed by atoms with Gasteiger partial charge in [0.2, 0.25) is 0 Å². The molecule has 0 bridgehead atoms. The van der Waals surface area contributed by atoms with Crippen molar-refractivity contribution in [2.24, 2.45) is 0 Å². The van der Waals surface area contributed by atoms with Gasteiger partial charge in [0.25, 0.3) is 0 Å². The zero-order valence-corrected chi connectivity index (χ0v) is 43.4. The Balaban J connectivity index is 0.868. The van der Waals surface area contributed by atoms with Crippen molar-refractivity contribution in [2.45, 2.75) is 0 Å². The lowest BCUT2D eigenvalue weighted by atomic mass is 9.95. The molecule has 0 radical (unpaired) electrons. The van der Waals surface area contributed by atoms with E-state index in [0.717, 1.165) is 111 Å². The van der Waals surface area contributed by atoms with Crippen molar-refractivity contribution in [3.05, 3.63) is 243 Å². The molecule has 0 saturated heterocycles. The van der Waals surface area contributed by atoms with Crippen LogP contribution in [0.4, 0.5) is 0 Å². The van der Waals surface area contributed by atoms with Gasteiger partial charge in [0.05, 0.1) is 45.8 Å². The molecule has 0 aliphatic rings. The number of hydrogen-bond donors (Lipinski definition) is 0. The van der Waals surface area contributed by atoms with E-state index in [2.05, 4.69) is 48.5 Å². The van der Waals surface area contributed by atoms with Crippen molar-refractivity contribution in [3.8, 4) is 102 Å². The second kappa shape index (κ2) is 19.1. The summed E-state index contributed by atoms with van der Waals surface area (Å²) in [6.07, 6.45) is 3.65. The topological polar surface area (TPSA) is 155 Å². The third-order valence-electron chi connectivity index (χ3n) is 14.9. The molecular weight excluding hydrogens is 1010 g/mol. The fourth-order valence-corrected chi connectivity index (χ4v) is 11.1. The predicted molar refractivity (Wildman–Crippen MR) is 323 cm³/mol. The average molecular weight is 1050 g/mol. The molecule has 0 aliphatic carbocycles. The van der Waals surface area contributed by atoms with Gasteiger partial charge in [-0.1, -0.05) is 176 Å². The first-order valence-corrected chi connectivity index (χ1v) is 26.8. The summed E-state index contributed by atoms with van der Waals surface area (Å²) in [5, 5.41) is 3.46. The molecule has 382 valence electrons. The van der Waals surface area contributed by atoms with E-state index in [-0.39, 0.29) is 0 Å². The number of nitrogens with zero attached hydrogens (tertiary/aromatic N) is 10. The largest absolute Gasteiger partial charge is 0.456 e. The minimum atomic E-state index is 0.497. The first-order chi connectivity index (χ1) is 40.6. The standard InChI is InChI=1S/C70H40N10O2/c1-4-17-42(18-5-1)65-75-66(43-19-6-2-7-20-43)79-70(78-65)50-38-37-46(64-63(50)61-48(24-15-32-59(61)82-64)56-40-72-52-27-11-13-29-54(52)74-56)41-33-35-45(36-34-41)68-76-67(44-21-8-3-9-22-44)77-69(80-68)49-25-16-31-58-62(49)60-47(23-14-30-57(60)81-58)55-39-71-51-26-10-12-28-53(51)73-55/h1-40H. The smallest absolute Gasteiger partial charge is 0.164 e. The lowest BCUT2D eigenvalue weighted by Gasteiger charge is -2.12. The van der Waals surface area contributed by atoms with Crippen LogP contribution in [-0.2, 0) is 0 Å². The molecule has 12 nitrogen and oxygen atoms in total. The van der Waals surface area contributed by atoms with E-state index in [9.17, 15) is 0 Å². The number of hydrogen-bond acceptors (Lipinski definition) is 12. The van der Waals surface area contributed by atoms with Crippen LogP contribution in [0.15, 0.2) is 252 Å². The molecule has 6 heterocycles. The highest BCUT2D eigenvalue weighted by atomic mass is 16.3. The van der Waals surface area contributed by atoms with Crippen LogP contribution >= 0.6 is 0 Å². The Labute approximate surface area is 467 Å². The fourth-order valence-electron chi connectivity index (χ4n) is 11.1. The number of rotatable bonds is 9. The minimum absolute atomic E-state index is 0.497. The van der Waals surface area contributed by atoms with Crippen LogP contribution in [0, 0.1) is 0 Å². The molecule has 0 amide bonds. The third-order valence-corrected chi connectivity index (χ3v) is 14.9. The Morgan fingerprint density at radius 2 is 0.573 bits per heavy atom. The molecule has 82 heavy (non-hydrogen) atoms. The first-order valence-electron chi connectivity index (χ1n) is 26.8. The van der Waals surface area contributed by atoms with Crippen LogP contribution < -0.4 is 0 Å². The number of furan rings is 2. The summed E-state index contributed by atoms with van der Waals surface area (Å²) < 4.78 is 13.7. The third kappa shape index (κ3) is 8.00. The van der Waals surface area contributed by atoms with E-state index < -0.39 is 0 Å². The minimum Gasteiger partial charge on any atom is -0.456 e. The maximum Gasteiger partial charge on any atom is 0.164 e. The highest BCUT2D eigenvalue weighted by Crippen LogP contribution is 2.46. The summed E-state index contributed by atoms with van der Waals surface area (Å²) >= 11 is 0. The van der Waals surface area contributed by atoms with Gasteiger partial charge in [-0.05, 0) is 60.2 Å². The fraction of sp³-hybridized carbons (Fsp3) is 0. The number of aromatic nitrogens is 10. The monoisotopic (exact) mass is 1050 g/mol. The van der Waals surface area contributed by atoms with Crippen molar-refractivity contribution in [1.29, 1.82) is 0 Å². The van der Waals surface area contributed by atoms with Crippen molar-refractivity contribution in [1.82, 2.24) is 49.8 Å². The van der Waals surface area contributed by atoms with Crippen molar-refractivity contribution < 1.29 is 8.83 Å². The summed E-state index contributed by atoms with van der Waals surface area (Å²) in [7, 11) is 0. The molecule has 0 aliphatic heterocycles. The van der Waals surface area contributed by atoms with Gasteiger partial charge in [0, 0.05) is 71.6 Å². The Kier molecular flexibility index (Phi) is 10.9. The quantitative estimate of drug-likeness (QED) is 0.135. The van der Waals surface area contributed by atoms with Gasteiger partial charge in [-0.25, -0.2) is 39.9 Å². The van der Waals surface area contributed by atoms with Crippen molar-refractivity contribution in [3.63, 3.8) is 0 Å². The molecule has 16 rings (SSSR count). The van der Waals surface area contributed by atoms with Crippen LogP contribution in [0.25, 0.3) is 168 Å². The molecule has 12 heteroatoms. The number of benzene rings is 10. The second-order valence-corrected chi connectivity index (χ2v) is 19.9. The number of fused-ring (bicyclic) bond motifs is 8. The Hall–Kier alpha value is -11.5. The molecule has 10 aromatic carbocycles. The molecule has 0 N–H and O–H groups in total. The van der Waals surface area contributed by atoms with Gasteiger partial charge in [0.15, 0.2) is 34.9 Å². The van der Waals surface area contributed by atoms with E-state index in [1.807, 2.05) is 194 Å². The maximum atomic E-state index is 7.07. The van der Waals surface area contributed by atoms with Crippen LogP contribution in [0.1, 0.15) is 0 Å². The van der Waals surface area contributed by atoms with Crippen LogP contribution in [0.2, 0.25) is 0 Å². The zero-order chi connectivity index (χ0) is 54.1. The predicted octanol–water partition coefficient (Wildman–Crippen LogP) is 16.7. The van der Waals surface area contributed by atoms with Gasteiger partial charge < -0.3 is 8.83 Å². The molecule has 16 aromatic rings. The highest BCUT2D eigenvalue weighted by molar-refractivity contribution is 6.20. The Morgan fingerprint density at radius 3 is 1.06 bits per heavy atom. The summed E-state index contributed by atoms with van der Waals surface area (Å²) in [5.74, 6) is 3.14. The zero-order valence-electron chi connectivity index (χ0n) is 43.4. The molecule has 6 aromatic heterocycles. The SMILES string of the molecule is c1ccc(-c2nc(-c3ccc(-c4ccc(-c5nc(-c6ccccc6)nc(-c6ccccc6)n5)c5c4oc4cccc(-c6cnc7ccccc7n6)c45)cc3)nc(-c3cccc4oc5cccc(-c6cnc7ccccc7n6)c5c34)n2)cc1. The molecule has 0 fully saturated rings. The van der Waals surface area contributed by atoms with Gasteiger partial charge in [-0.15, -0.1) is 0 Å². The molecule has 0 unspecified atom stereocenters. The van der Waals surface area contributed by atoms with Crippen molar-refractivity contribution in [2.75, 3.05) is 0 Å². The molecule has 0 atom stereocenters. The van der Waals surface area contributed by atoms with E-state index >= 15 is 0 Å². The molecule has 0 saturated carbocycles. The Morgan fingerprint density at radius 1 is 0.220 bits per heavy atom. The average Bonchev–Trinajstić information content (AvgIpc) is 4.31. The summed E-state index contributed by atoms with van der Waals surface area (Å²) in [5.41, 5.74) is 15.9. The van der Waals surface area contributed by atoms with Gasteiger partial charge in [-0.3, -0.25) is 9.97 Å². The number of para-hydroxylation sites is 4. The van der Waals surface area contributed by atoms with Crippen LogP contribution in [-0.4, -0.2) is 49.8 Å². The van der Waals surface area contributed by atoms with Gasteiger partial charge in [-0.2, -0.15) is 0 Å². The van der Waals surface area contributed by atoms with E-state index in [1.54, 1.807) is 0 Å². The van der Waals surface area contributed by atoms with Crippen molar-refractivity contribution >= 4 is 65.9 Å². The lowest BCUT2D eigenvalue weighted by Crippen LogP contribution is -2.01. The first kappa shape index (κ1) is 46.6. The Bertz CT molecular complexity index is 5110. The van der Waals surface area contributed by atoms with Crippen LogP contribution in [0.3, 0.4) is 0 Å². The van der Waals surface area contributed by atoms with Crippen LogP contribution in [0.5, 0.6) is 0 Å². The van der Waals surface area contributed by atoms with E-state index in [0.29, 0.717) is 57.4 Å². The lowest BCUT2D eigenvalue weighted by molar-refractivity contribution is 0.669. The van der Waals surface area contributed by atoms with Gasteiger partial charge in [0.1, 0.15) is 22.3 Å². The van der Waals surface area contributed by atoms with E-state index in [4.69, 9.17) is 58.7 Å². The highest BCUT2D eigenvalue weighted by Gasteiger charge is 2.25. The van der Waals surface area contributed by atoms with E-state index in [1.165, 1.54) is 0 Å². The maximum absolute atomic E-state index is 7.07.